The molecule has 0 saturated carbocycles. The fourth-order valence-electron chi connectivity index (χ4n) is 3.44. The maximum atomic E-state index is 12.6. The lowest BCUT2D eigenvalue weighted by Gasteiger charge is -2.32. The van der Waals surface area contributed by atoms with Crippen molar-refractivity contribution in [3.05, 3.63) is 23.5 Å². The number of carbonyl (C=O) groups is 1. The van der Waals surface area contributed by atoms with Gasteiger partial charge in [0.05, 0.1) is 5.56 Å². The van der Waals surface area contributed by atoms with Crippen LogP contribution in [0.3, 0.4) is 0 Å². The Morgan fingerprint density at radius 1 is 1.29 bits per heavy atom. The number of nitrogen functional groups attached to an aromatic ring is 1. The van der Waals surface area contributed by atoms with Crippen LogP contribution >= 0.6 is 0 Å². The maximum Gasteiger partial charge on any atom is 0.257 e. The summed E-state index contributed by atoms with van der Waals surface area (Å²) in [7, 11) is 0. The summed E-state index contributed by atoms with van der Waals surface area (Å²) < 4.78 is 0. The molecule has 0 bridgehead atoms. The van der Waals surface area contributed by atoms with Gasteiger partial charge in [0.1, 0.15) is 0 Å². The van der Waals surface area contributed by atoms with Gasteiger partial charge in [0.15, 0.2) is 0 Å². The molecule has 3 heterocycles. The number of aryl methyl sites for hydroxylation is 1. The van der Waals surface area contributed by atoms with Crippen molar-refractivity contribution in [3.8, 4) is 0 Å². The van der Waals surface area contributed by atoms with Crippen LogP contribution in [0.15, 0.2) is 12.3 Å². The van der Waals surface area contributed by atoms with E-state index in [9.17, 15) is 4.79 Å². The standard InChI is InChI=1S/C16H24N4O/c1-12-9-15(17)14(10-18-12)16(21)20-8-5-13(11-20)19-6-3-2-4-7-19/h9-10,13H,2-8,11H2,1H3,(H2,17,18). The van der Waals surface area contributed by atoms with Gasteiger partial charge in [-0.15, -0.1) is 0 Å². The highest BCUT2D eigenvalue weighted by molar-refractivity contribution is 5.99. The van der Waals surface area contributed by atoms with Crippen LogP contribution in [0.4, 0.5) is 5.69 Å². The molecule has 1 aromatic heterocycles. The largest absolute Gasteiger partial charge is 0.398 e. The molecule has 2 aliphatic heterocycles. The van der Waals surface area contributed by atoms with Gasteiger partial charge < -0.3 is 10.6 Å². The Kier molecular flexibility index (Phi) is 4.10. The number of anilines is 1. The Hall–Kier alpha value is -1.62. The quantitative estimate of drug-likeness (QED) is 0.899. The normalized spacial score (nSPS) is 23.5. The molecule has 1 aromatic rings. The number of carbonyl (C=O) groups excluding carboxylic acids is 1. The van der Waals surface area contributed by atoms with Crippen LogP contribution < -0.4 is 5.73 Å². The van der Waals surface area contributed by atoms with Crippen LogP contribution in [0.5, 0.6) is 0 Å². The molecule has 2 saturated heterocycles. The summed E-state index contributed by atoms with van der Waals surface area (Å²) in [6.07, 6.45) is 6.61. The first-order chi connectivity index (χ1) is 10.1. The zero-order valence-electron chi connectivity index (χ0n) is 12.7. The van der Waals surface area contributed by atoms with Gasteiger partial charge in [0, 0.05) is 36.7 Å². The first kappa shape index (κ1) is 14.3. The smallest absolute Gasteiger partial charge is 0.257 e. The molecule has 1 unspecified atom stereocenters. The Morgan fingerprint density at radius 2 is 2.05 bits per heavy atom. The second-order valence-corrected chi connectivity index (χ2v) is 6.20. The molecule has 21 heavy (non-hydrogen) atoms. The number of hydrogen-bond donors (Lipinski definition) is 1. The monoisotopic (exact) mass is 288 g/mol. The number of rotatable bonds is 2. The molecule has 0 aliphatic carbocycles. The molecule has 3 rings (SSSR count). The van der Waals surface area contributed by atoms with Crippen molar-refractivity contribution < 1.29 is 4.79 Å². The third kappa shape index (κ3) is 3.02. The molecule has 5 heteroatoms. The van der Waals surface area contributed by atoms with Crippen LogP contribution in [0.1, 0.15) is 41.7 Å². The predicted molar refractivity (Wildman–Crippen MR) is 83.1 cm³/mol. The topological polar surface area (TPSA) is 62.5 Å². The summed E-state index contributed by atoms with van der Waals surface area (Å²) in [6, 6.07) is 2.29. The van der Waals surface area contributed by atoms with Crippen molar-refractivity contribution in [1.82, 2.24) is 14.8 Å². The van der Waals surface area contributed by atoms with Gasteiger partial charge in [-0.05, 0) is 45.3 Å². The molecule has 5 nitrogen and oxygen atoms in total. The fourth-order valence-corrected chi connectivity index (χ4v) is 3.44. The average molecular weight is 288 g/mol. The molecule has 0 aromatic carbocycles. The first-order valence-corrected chi connectivity index (χ1v) is 7.90. The number of nitrogens with zero attached hydrogens (tertiary/aromatic N) is 3. The highest BCUT2D eigenvalue weighted by Gasteiger charge is 2.31. The number of likely N-dealkylation sites (tertiary alicyclic amines) is 2. The molecule has 114 valence electrons. The Morgan fingerprint density at radius 3 is 2.76 bits per heavy atom. The highest BCUT2D eigenvalue weighted by Crippen LogP contribution is 2.23. The second-order valence-electron chi connectivity index (χ2n) is 6.20. The van der Waals surface area contributed by atoms with E-state index < -0.39 is 0 Å². The number of nitrogens with two attached hydrogens (primary N) is 1. The maximum absolute atomic E-state index is 12.6. The van der Waals surface area contributed by atoms with Gasteiger partial charge in [0.2, 0.25) is 0 Å². The summed E-state index contributed by atoms with van der Waals surface area (Å²) in [6.45, 7) is 5.90. The van der Waals surface area contributed by atoms with Crippen LogP contribution in [-0.2, 0) is 0 Å². The molecule has 2 N–H and O–H groups in total. The van der Waals surface area contributed by atoms with Crippen molar-refractivity contribution in [2.24, 2.45) is 0 Å². The van der Waals surface area contributed by atoms with Crippen LogP contribution in [0.2, 0.25) is 0 Å². The zero-order chi connectivity index (χ0) is 14.8. The van der Waals surface area contributed by atoms with E-state index in [4.69, 9.17) is 5.73 Å². The molecule has 1 atom stereocenters. The fraction of sp³-hybridized carbons (Fsp3) is 0.625. The van der Waals surface area contributed by atoms with Gasteiger partial charge in [-0.3, -0.25) is 14.7 Å². The molecular formula is C16H24N4O. The van der Waals surface area contributed by atoms with E-state index >= 15 is 0 Å². The van der Waals surface area contributed by atoms with E-state index in [2.05, 4.69) is 9.88 Å². The molecule has 2 aliphatic rings. The molecular weight excluding hydrogens is 264 g/mol. The Labute approximate surface area is 126 Å². The second kappa shape index (κ2) is 6.02. The Bertz CT molecular complexity index is 525. The van der Waals surface area contributed by atoms with Gasteiger partial charge in [-0.25, -0.2) is 0 Å². The number of hydrogen-bond acceptors (Lipinski definition) is 4. The van der Waals surface area contributed by atoms with Gasteiger partial charge in [-0.1, -0.05) is 6.42 Å². The van der Waals surface area contributed by atoms with E-state index in [0.29, 0.717) is 17.3 Å². The number of piperidine rings is 1. The molecule has 2 fully saturated rings. The van der Waals surface area contributed by atoms with Gasteiger partial charge in [-0.2, -0.15) is 0 Å². The van der Waals surface area contributed by atoms with E-state index in [1.807, 2.05) is 11.8 Å². The van der Waals surface area contributed by atoms with Crippen molar-refractivity contribution in [2.45, 2.75) is 38.6 Å². The van der Waals surface area contributed by atoms with Crippen LogP contribution in [-0.4, -0.2) is 52.9 Å². The van der Waals surface area contributed by atoms with Crippen molar-refractivity contribution in [2.75, 3.05) is 31.9 Å². The minimum Gasteiger partial charge on any atom is -0.398 e. The third-order valence-electron chi connectivity index (χ3n) is 4.66. The molecule has 0 radical (unpaired) electrons. The summed E-state index contributed by atoms with van der Waals surface area (Å²) in [5.41, 5.74) is 7.89. The number of amides is 1. The molecule has 0 spiro atoms. The lowest BCUT2D eigenvalue weighted by Crippen LogP contribution is -2.41. The van der Waals surface area contributed by atoms with Crippen LogP contribution in [0, 0.1) is 6.92 Å². The third-order valence-corrected chi connectivity index (χ3v) is 4.66. The SMILES string of the molecule is Cc1cc(N)c(C(=O)N2CCC(N3CCCCC3)C2)cn1. The zero-order valence-corrected chi connectivity index (χ0v) is 12.7. The summed E-state index contributed by atoms with van der Waals surface area (Å²) in [4.78, 5) is 21.3. The highest BCUT2D eigenvalue weighted by atomic mass is 16.2. The average Bonchev–Trinajstić information content (AvgIpc) is 2.97. The van der Waals surface area contributed by atoms with Crippen molar-refractivity contribution in [1.29, 1.82) is 0 Å². The lowest BCUT2D eigenvalue weighted by atomic mass is 10.1. The van der Waals surface area contributed by atoms with E-state index in [-0.39, 0.29) is 5.91 Å². The first-order valence-electron chi connectivity index (χ1n) is 7.90. The minimum absolute atomic E-state index is 0.0273. The number of pyridine rings is 1. The Balaban J connectivity index is 1.66. The van der Waals surface area contributed by atoms with E-state index in [0.717, 1.165) is 25.2 Å². The van der Waals surface area contributed by atoms with E-state index in [1.165, 1.54) is 32.4 Å². The number of aromatic nitrogens is 1. The lowest BCUT2D eigenvalue weighted by molar-refractivity contribution is 0.0772. The molecule has 1 amide bonds. The van der Waals surface area contributed by atoms with Crippen molar-refractivity contribution >= 4 is 11.6 Å². The van der Waals surface area contributed by atoms with Gasteiger partial charge >= 0.3 is 0 Å². The van der Waals surface area contributed by atoms with Gasteiger partial charge in [0.25, 0.3) is 5.91 Å². The summed E-state index contributed by atoms with van der Waals surface area (Å²) >= 11 is 0. The predicted octanol–water partition coefficient (Wildman–Crippen LogP) is 1.67. The summed E-state index contributed by atoms with van der Waals surface area (Å²) in [5.74, 6) is 0.0273. The van der Waals surface area contributed by atoms with Crippen molar-refractivity contribution in [3.63, 3.8) is 0 Å². The van der Waals surface area contributed by atoms with Crippen LogP contribution in [0.25, 0.3) is 0 Å². The summed E-state index contributed by atoms with van der Waals surface area (Å²) in [5, 5.41) is 0. The minimum atomic E-state index is 0.0273. The van der Waals surface area contributed by atoms with E-state index in [1.54, 1.807) is 12.3 Å².